The first-order valence-corrected chi connectivity index (χ1v) is 11.3. The monoisotopic (exact) mass is 492 g/mol. The first kappa shape index (κ1) is 24.8. The van der Waals surface area contributed by atoms with Crippen molar-refractivity contribution < 1.29 is 23.8 Å². The lowest BCUT2D eigenvalue weighted by Gasteiger charge is -2.23. The van der Waals surface area contributed by atoms with Gasteiger partial charge in [0.2, 0.25) is 0 Å². The molecule has 174 valence electrons. The van der Waals surface area contributed by atoms with E-state index < -0.39 is 17.9 Å². The SMILES string of the molecule is CCOC(=O)[C@H](O)CN(CC(=O)c1c[nH]c(=O)s1)Cc1ccc(-c2cc(Cl)ccc2F)cc1. The van der Waals surface area contributed by atoms with Gasteiger partial charge >= 0.3 is 10.8 Å². The fourth-order valence-electron chi connectivity index (χ4n) is 3.21. The van der Waals surface area contributed by atoms with E-state index in [2.05, 4.69) is 4.98 Å². The molecule has 3 aromatic rings. The van der Waals surface area contributed by atoms with E-state index in [0.717, 1.165) is 16.9 Å². The van der Waals surface area contributed by atoms with Gasteiger partial charge in [-0.05, 0) is 36.2 Å². The van der Waals surface area contributed by atoms with Gasteiger partial charge < -0.3 is 14.8 Å². The number of hydrogen-bond donors (Lipinski definition) is 2. The first-order valence-electron chi connectivity index (χ1n) is 10.1. The number of aromatic nitrogens is 1. The number of carbonyl (C=O) groups is 2. The van der Waals surface area contributed by atoms with Gasteiger partial charge in [-0.15, -0.1) is 0 Å². The lowest BCUT2D eigenvalue weighted by Crippen LogP contribution is -2.40. The van der Waals surface area contributed by atoms with Crippen molar-refractivity contribution in [3.63, 3.8) is 0 Å². The summed E-state index contributed by atoms with van der Waals surface area (Å²) in [6.07, 6.45) is -0.105. The number of benzene rings is 2. The third-order valence-corrected chi connectivity index (χ3v) is 5.86. The molecule has 0 amide bonds. The number of ether oxygens (including phenoxy) is 1. The minimum Gasteiger partial charge on any atom is -0.464 e. The summed E-state index contributed by atoms with van der Waals surface area (Å²) in [6.45, 7) is 1.70. The molecule has 3 rings (SSSR count). The summed E-state index contributed by atoms with van der Waals surface area (Å²) in [5.74, 6) is -1.51. The maximum Gasteiger partial charge on any atom is 0.336 e. The van der Waals surface area contributed by atoms with Crippen LogP contribution in [-0.4, -0.2) is 52.5 Å². The number of H-pyrrole nitrogens is 1. The van der Waals surface area contributed by atoms with Crippen molar-refractivity contribution in [1.29, 1.82) is 0 Å². The number of rotatable bonds is 10. The van der Waals surface area contributed by atoms with E-state index >= 15 is 0 Å². The highest BCUT2D eigenvalue weighted by molar-refractivity contribution is 7.11. The van der Waals surface area contributed by atoms with Crippen LogP contribution in [-0.2, 0) is 16.1 Å². The molecular weight excluding hydrogens is 471 g/mol. The Kier molecular flexibility index (Phi) is 8.51. The normalized spacial score (nSPS) is 12.0. The number of aromatic amines is 1. The molecule has 0 saturated carbocycles. The minimum atomic E-state index is -1.44. The Balaban J connectivity index is 1.78. The highest BCUT2D eigenvalue weighted by Crippen LogP contribution is 2.26. The summed E-state index contributed by atoms with van der Waals surface area (Å²) < 4.78 is 19.0. The van der Waals surface area contributed by atoms with Crippen LogP contribution < -0.4 is 4.87 Å². The lowest BCUT2D eigenvalue weighted by molar-refractivity contribution is -0.154. The van der Waals surface area contributed by atoms with Gasteiger partial charge in [-0.25, -0.2) is 9.18 Å². The van der Waals surface area contributed by atoms with Crippen LogP contribution in [0.5, 0.6) is 0 Å². The topological polar surface area (TPSA) is 99.7 Å². The Morgan fingerprint density at radius 3 is 2.61 bits per heavy atom. The predicted octanol–water partition coefficient (Wildman–Crippen LogP) is 3.50. The molecule has 2 aromatic carbocycles. The number of Topliss-reactive ketones (excluding diaryl/α,β-unsaturated/α-hetero) is 1. The summed E-state index contributed by atoms with van der Waals surface area (Å²) in [4.78, 5) is 39.8. The van der Waals surface area contributed by atoms with Gasteiger partial charge in [0.25, 0.3) is 0 Å². The lowest BCUT2D eigenvalue weighted by atomic mass is 10.0. The van der Waals surface area contributed by atoms with Gasteiger partial charge in [-0.1, -0.05) is 47.2 Å². The summed E-state index contributed by atoms with van der Waals surface area (Å²) in [6, 6.07) is 11.3. The van der Waals surface area contributed by atoms with E-state index in [4.69, 9.17) is 16.3 Å². The van der Waals surface area contributed by atoms with Crippen molar-refractivity contribution in [3.05, 3.63) is 79.6 Å². The largest absolute Gasteiger partial charge is 0.464 e. The number of halogens is 2. The highest BCUT2D eigenvalue weighted by Gasteiger charge is 2.23. The Morgan fingerprint density at radius 2 is 1.97 bits per heavy atom. The molecule has 0 spiro atoms. The van der Waals surface area contributed by atoms with Crippen molar-refractivity contribution in [2.45, 2.75) is 19.6 Å². The molecule has 10 heteroatoms. The van der Waals surface area contributed by atoms with E-state index in [1.807, 2.05) is 0 Å². The Bertz CT molecular complexity index is 1180. The van der Waals surface area contributed by atoms with Gasteiger partial charge in [-0.3, -0.25) is 14.5 Å². The van der Waals surface area contributed by atoms with Crippen molar-refractivity contribution in [1.82, 2.24) is 9.88 Å². The van der Waals surface area contributed by atoms with E-state index in [0.29, 0.717) is 16.1 Å². The van der Waals surface area contributed by atoms with E-state index in [1.54, 1.807) is 36.1 Å². The summed E-state index contributed by atoms with van der Waals surface area (Å²) in [5.41, 5.74) is 1.76. The van der Waals surface area contributed by atoms with E-state index in [-0.39, 0.29) is 41.8 Å². The van der Waals surface area contributed by atoms with Crippen molar-refractivity contribution in [2.24, 2.45) is 0 Å². The number of esters is 1. The highest BCUT2D eigenvalue weighted by atomic mass is 35.5. The number of carbonyl (C=O) groups excluding carboxylic acids is 2. The van der Waals surface area contributed by atoms with Gasteiger partial charge in [0.1, 0.15) is 5.82 Å². The van der Waals surface area contributed by atoms with Crippen LogP contribution in [0.4, 0.5) is 4.39 Å². The summed E-state index contributed by atoms with van der Waals surface area (Å²) in [7, 11) is 0. The summed E-state index contributed by atoms with van der Waals surface area (Å²) in [5, 5.41) is 10.6. The number of ketones is 1. The number of aliphatic hydroxyl groups excluding tert-OH is 1. The van der Waals surface area contributed by atoms with Crippen LogP contribution in [0.25, 0.3) is 11.1 Å². The average molecular weight is 493 g/mol. The molecule has 0 saturated heterocycles. The minimum absolute atomic E-state index is 0.119. The second kappa shape index (κ2) is 11.3. The zero-order valence-electron chi connectivity index (χ0n) is 17.7. The zero-order valence-corrected chi connectivity index (χ0v) is 19.3. The molecule has 33 heavy (non-hydrogen) atoms. The second-order valence-electron chi connectivity index (χ2n) is 7.22. The number of hydrogen-bond acceptors (Lipinski definition) is 7. The van der Waals surface area contributed by atoms with Crippen LogP contribution in [0.15, 0.2) is 53.5 Å². The number of nitrogens with zero attached hydrogens (tertiary/aromatic N) is 1. The molecule has 0 aliphatic heterocycles. The molecule has 0 fully saturated rings. The van der Waals surface area contributed by atoms with Crippen molar-refractivity contribution in [3.8, 4) is 11.1 Å². The van der Waals surface area contributed by atoms with Crippen LogP contribution in [0.3, 0.4) is 0 Å². The molecule has 0 aliphatic carbocycles. The predicted molar refractivity (Wildman–Crippen MR) is 124 cm³/mol. The molecule has 0 aliphatic rings. The molecule has 7 nitrogen and oxygen atoms in total. The quantitative estimate of drug-likeness (QED) is 0.332. The van der Waals surface area contributed by atoms with Crippen LogP contribution >= 0.6 is 22.9 Å². The Labute approximate surface area is 198 Å². The van der Waals surface area contributed by atoms with Crippen LogP contribution in [0, 0.1) is 5.82 Å². The number of thiazole rings is 1. The van der Waals surface area contributed by atoms with Crippen molar-refractivity contribution >= 4 is 34.7 Å². The Morgan fingerprint density at radius 1 is 1.24 bits per heavy atom. The fraction of sp³-hybridized carbons (Fsp3) is 0.261. The third kappa shape index (κ3) is 6.82. The molecule has 1 atom stereocenters. The maximum atomic E-state index is 14.2. The number of nitrogens with one attached hydrogen (secondary N) is 1. The molecule has 1 aromatic heterocycles. The standard InChI is InChI=1S/C23H22ClFN2O5S/c1-2-32-22(30)20(29)13-27(12-19(28)21-10-26-23(31)33-21)11-14-3-5-15(6-4-14)17-9-16(24)7-8-18(17)25/h3-10,20,29H,2,11-13H2,1H3,(H,26,31)/t20-/m1/s1. The molecule has 0 bridgehead atoms. The molecule has 1 heterocycles. The third-order valence-electron chi connectivity index (χ3n) is 4.76. The molecular formula is C23H22ClFN2O5S. The van der Waals surface area contributed by atoms with E-state index in [9.17, 15) is 23.9 Å². The van der Waals surface area contributed by atoms with Crippen LogP contribution in [0.2, 0.25) is 5.02 Å². The van der Waals surface area contributed by atoms with E-state index in [1.165, 1.54) is 24.4 Å². The first-order chi connectivity index (χ1) is 15.8. The van der Waals surface area contributed by atoms with Crippen molar-refractivity contribution in [2.75, 3.05) is 19.7 Å². The Hall–Kier alpha value is -2.85. The fourth-order valence-corrected chi connectivity index (χ4v) is 4.00. The smallest absolute Gasteiger partial charge is 0.336 e. The zero-order chi connectivity index (χ0) is 24.0. The molecule has 2 N–H and O–H groups in total. The molecule has 0 unspecified atom stereocenters. The van der Waals surface area contributed by atoms with Gasteiger partial charge in [0.05, 0.1) is 18.0 Å². The average Bonchev–Trinajstić information content (AvgIpc) is 3.22. The van der Waals surface area contributed by atoms with Gasteiger partial charge in [0, 0.05) is 29.9 Å². The van der Waals surface area contributed by atoms with Gasteiger partial charge in [-0.2, -0.15) is 0 Å². The van der Waals surface area contributed by atoms with Crippen LogP contribution in [0.1, 0.15) is 22.2 Å². The maximum absolute atomic E-state index is 14.2. The van der Waals surface area contributed by atoms with Gasteiger partial charge in [0.15, 0.2) is 11.9 Å². The summed E-state index contributed by atoms with van der Waals surface area (Å²) >= 11 is 6.77. The number of aliphatic hydroxyl groups is 1. The molecule has 0 radical (unpaired) electrons. The second-order valence-corrected chi connectivity index (χ2v) is 8.68.